The van der Waals surface area contributed by atoms with Gasteiger partial charge in [-0.1, -0.05) is 25.1 Å². The Labute approximate surface area is 114 Å². The van der Waals surface area contributed by atoms with Crippen LogP contribution in [0.4, 0.5) is 0 Å². The molecule has 3 heteroatoms. The second kappa shape index (κ2) is 5.24. The highest BCUT2D eigenvalue weighted by molar-refractivity contribution is 8.00. The van der Waals surface area contributed by atoms with Gasteiger partial charge in [-0.25, -0.2) is 0 Å². The van der Waals surface area contributed by atoms with Crippen molar-refractivity contribution in [1.82, 2.24) is 4.90 Å². The summed E-state index contributed by atoms with van der Waals surface area (Å²) >= 11 is 2.05. The molecule has 3 unspecified atom stereocenters. The number of nitrogens with two attached hydrogens (primary N) is 1. The molecule has 0 saturated carbocycles. The number of fused-ring (bicyclic) bond motifs is 1. The summed E-state index contributed by atoms with van der Waals surface area (Å²) in [5.74, 6) is 0.752. The summed E-state index contributed by atoms with van der Waals surface area (Å²) in [7, 11) is 0. The van der Waals surface area contributed by atoms with Crippen LogP contribution >= 0.6 is 11.8 Å². The molecule has 0 aromatic heterocycles. The number of nitrogens with zero attached hydrogens (tertiary/aromatic N) is 1. The summed E-state index contributed by atoms with van der Waals surface area (Å²) < 4.78 is 0. The van der Waals surface area contributed by atoms with Crippen LogP contribution in [0.1, 0.15) is 18.9 Å². The first-order valence-electron chi connectivity index (χ1n) is 6.93. The fraction of sp³-hybridized carbons (Fsp3) is 0.600. The van der Waals surface area contributed by atoms with E-state index in [0.29, 0.717) is 6.04 Å². The third-order valence-corrected chi connectivity index (χ3v) is 5.24. The molecule has 0 radical (unpaired) electrons. The first kappa shape index (κ1) is 12.5. The second-order valence-corrected chi connectivity index (χ2v) is 7.21. The normalized spacial score (nSPS) is 32.4. The van der Waals surface area contributed by atoms with Gasteiger partial charge in [-0.15, -0.1) is 11.8 Å². The zero-order chi connectivity index (χ0) is 12.5. The van der Waals surface area contributed by atoms with E-state index in [0.717, 1.165) is 17.7 Å². The van der Waals surface area contributed by atoms with Gasteiger partial charge < -0.3 is 10.6 Å². The number of thioether (sulfide) groups is 1. The van der Waals surface area contributed by atoms with E-state index in [1.807, 2.05) is 11.8 Å². The van der Waals surface area contributed by atoms with E-state index >= 15 is 0 Å². The summed E-state index contributed by atoms with van der Waals surface area (Å²) in [4.78, 5) is 4.06. The average Bonchev–Trinajstić information content (AvgIpc) is 2.69. The van der Waals surface area contributed by atoms with Crippen molar-refractivity contribution in [3.8, 4) is 0 Å². The quantitative estimate of drug-likeness (QED) is 0.887. The highest BCUT2D eigenvalue weighted by Gasteiger charge is 2.27. The van der Waals surface area contributed by atoms with Crippen molar-refractivity contribution >= 4 is 11.8 Å². The Morgan fingerprint density at radius 3 is 2.94 bits per heavy atom. The SMILES string of the molecule is CC1CC(N)CN(CC2Cc3ccccc3S2)C1. The molecule has 2 N–H and O–H groups in total. The van der Waals surface area contributed by atoms with Gasteiger partial charge in [-0.2, -0.15) is 0 Å². The number of hydrogen-bond acceptors (Lipinski definition) is 3. The van der Waals surface area contributed by atoms with Gasteiger partial charge in [0.25, 0.3) is 0 Å². The fourth-order valence-corrected chi connectivity index (χ4v) is 4.67. The van der Waals surface area contributed by atoms with E-state index < -0.39 is 0 Å². The van der Waals surface area contributed by atoms with Crippen molar-refractivity contribution in [2.24, 2.45) is 11.7 Å². The molecule has 3 atom stereocenters. The van der Waals surface area contributed by atoms with Crippen LogP contribution in [0.3, 0.4) is 0 Å². The van der Waals surface area contributed by atoms with Gasteiger partial charge >= 0.3 is 0 Å². The standard InChI is InChI=1S/C15H22N2S/c1-11-6-13(16)9-17(8-11)10-14-7-12-4-2-3-5-15(12)18-14/h2-5,11,13-14H,6-10,16H2,1H3. The molecule has 1 aromatic carbocycles. The van der Waals surface area contributed by atoms with Crippen LogP contribution in [0.25, 0.3) is 0 Å². The third kappa shape index (κ3) is 2.73. The molecule has 2 aliphatic rings. The van der Waals surface area contributed by atoms with E-state index in [4.69, 9.17) is 5.73 Å². The van der Waals surface area contributed by atoms with Crippen LogP contribution < -0.4 is 5.73 Å². The summed E-state index contributed by atoms with van der Waals surface area (Å²) in [6.45, 7) is 5.82. The lowest BCUT2D eigenvalue weighted by Gasteiger charge is -2.35. The highest BCUT2D eigenvalue weighted by Crippen LogP contribution is 2.37. The van der Waals surface area contributed by atoms with Crippen LogP contribution in [0.15, 0.2) is 29.2 Å². The molecule has 0 aliphatic carbocycles. The second-order valence-electron chi connectivity index (χ2n) is 5.87. The van der Waals surface area contributed by atoms with Gasteiger partial charge in [-0.3, -0.25) is 0 Å². The van der Waals surface area contributed by atoms with Crippen LogP contribution in [-0.2, 0) is 6.42 Å². The first-order chi connectivity index (χ1) is 8.70. The average molecular weight is 262 g/mol. The molecule has 1 aromatic rings. The van der Waals surface area contributed by atoms with Gasteiger partial charge in [0.1, 0.15) is 0 Å². The maximum absolute atomic E-state index is 6.13. The molecule has 18 heavy (non-hydrogen) atoms. The highest BCUT2D eigenvalue weighted by atomic mass is 32.2. The minimum atomic E-state index is 0.377. The topological polar surface area (TPSA) is 29.3 Å². The lowest BCUT2D eigenvalue weighted by Crippen LogP contribution is -2.48. The zero-order valence-electron chi connectivity index (χ0n) is 11.0. The Morgan fingerprint density at radius 2 is 2.17 bits per heavy atom. The predicted octanol–water partition coefficient (Wildman–Crippen LogP) is 2.37. The van der Waals surface area contributed by atoms with E-state index in [9.17, 15) is 0 Å². The van der Waals surface area contributed by atoms with Crippen LogP contribution in [0, 0.1) is 5.92 Å². The monoisotopic (exact) mass is 262 g/mol. The molecule has 2 nitrogen and oxygen atoms in total. The van der Waals surface area contributed by atoms with Gasteiger partial charge in [0.05, 0.1) is 0 Å². The van der Waals surface area contributed by atoms with Gasteiger partial charge in [0.2, 0.25) is 0 Å². The summed E-state index contributed by atoms with van der Waals surface area (Å²) in [6, 6.07) is 9.20. The lowest BCUT2D eigenvalue weighted by molar-refractivity contribution is 0.166. The van der Waals surface area contributed by atoms with Crippen LogP contribution in [0.2, 0.25) is 0 Å². The maximum Gasteiger partial charge on any atom is 0.0263 e. The molecular formula is C15H22N2S. The third-order valence-electron chi connectivity index (χ3n) is 3.94. The maximum atomic E-state index is 6.13. The zero-order valence-corrected chi connectivity index (χ0v) is 11.8. The van der Waals surface area contributed by atoms with E-state index in [2.05, 4.69) is 36.1 Å². The first-order valence-corrected chi connectivity index (χ1v) is 7.81. The Morgan fingerprint density at radius 1 is 1.33 bits per heavy atom. The number of hydrogen-bond donors (Lipinski definition) is 1. The largest absolute Gasteiger partial charge is 0.327 e. The Kier molecular flexibility index (Phi) is 3.64. The molecule has 0 spiro atoms. The van der Waals surface area contributed by atoms with E-state index in [1.165, 1.54) is 36.4 Å². The van der Waals surface area contributed by atoms with Crippen molar-refractivity contribution < 1.29 is 0 Å². The van der Waals surface area contributed by atoms with Crippen molar-refractivity contribution in [1.29, 1.82) is 0 Å². The molecule has 2 heterocycles. The molecule has 0 amide bonds. The van der Waals surface area contributed by atoms with Crippen LogP contribution in [0.5, 0.6) is 0 Å². The minimum absolute atomic E-state index is 0.377. The minimum Gasteiger partial charge on any atom is -0.327 e. The Balaban J connectivity index is 1.59. The van der Waals surface area contributed by atoms with Crippen molar-refractivity contribution in [2.45, 2.75) is 36.0 Å². The predicted molar refractivity (Wildman–Crippen MR) is 78.0 cm³/mol. The molecular weight excluding hydrogens is 240 g/mol. The summed E-state index contributed by atoms with van der Waals surface area (Å²) in [5, 5.41) is 0.722. The summed E-state index contributed by atoms with van der Waals surface area (Å²) in [6.07, 6.45) is 2.41. The van der Waals surface area contributed by atoms with Gasteiger partial charge in [0, 0.05) is 35.8 Å². The Hall–Kier alpha value is -0.510. The molecule has 3 rings (SSSR count). The van der Waals surface area contributed by atoms with E-state index in [-0.39, 0.29) is 0 Å². The molecule has 2 aliphatic heterocycles. The van der Waals surface area contributed by atoms with Crippen LogP contribution in [-0.4, -0.2) is 35.8 Å². The summed E-state index contributed by atoms with van der Waals surface area (Å²) in [5.41, 5.74) is 7.65. The van der Waals surface area contributed by atoms with Gasteiger partial charge in [-0.05, 0) is 30.4 Å². The molecule has 98 valence electrons. The van der Waals surface area contributed by atoms with E-state index in [1.54, 1.807) is 0 Å². The lowest BCUT2D eigenvalue weighted by atomic mass is 9.96. The molecule has 1 saturated heterocycles. The number of rotatable bonds is 2. The van der Waals surface area contributed by atoms with Crippen molar-refractivity contribution in [2.75, 3.05) is 19.6 Å². The van der Waals surface area contributed by atoms with Crippen molar-refractivity contribution in [3.63, 3.8) is 0 Å². The Bertz CT molecular complexity index is 386. The fourth-order valence-electron chi connectivity index (χ4n) is 3.31. The smallest absolute Gasteiger partial charge is 0.0263 e. The van der Waals surface area contributed by atoms with Crippen molar-refractivity contribution in [3.05, 3.63) is 29.8 Å². The molecule has 1 fully saturated rings. The number of likely N-dealkylation sites (tertiary alicyclic amines) is 1. The van der Waals surface area contributed by atoms with Gasteiger partial charge in [0.15, 0.2) is 0 Å². The molecule has 0 bridgehead atoms. The number of piperidine rings is 1. The number of benzene rings is 1.